The van der Waals surface area contributed by atoms with E-state index < -0.39 is 24.1 Å². The molecule has 0 saturated carbocycles. The zero-order valence-corrected chi connectivity index (χ0v) is 15.3. The van der Waals surface area contributed by atoms with Crippen LogP contribution in [0.15, 0.2) is 29.2 Å². The Hall–Kier alpha value is -0.350. The van der Waals surface area contributed by atoms with Gasteiger partial charge in [-0.25, -0.2) is 0 Å². The standard InChI is InChI=1S/C14H16F6N2S.2ClH/c15-13(16,17)9-12(22-7-5-21-6-8-22)10-1-3-11(4-2-10)23-14(18,19)20;;/h1-4,12,21H,5-9H2;2*1H/t12-;;/m1../s1. The highest BCUT2D eigenvalue weighted by Gasteiger charge is 2.36. The van der Waals surface area contributed by atoms with Gasteiger partial charge in [0.1, 0.15) is 0 Å². The molecule has 0 spiro atoms. The van der Waals surface area contributed by atoms with Crippen LogP contribution < -0.4 is 5.32 Å². The van der Waals surface area contributed by atoms with Crippen molar-refractivity contribution in [1.29, 1.82) is 0 Å². The number of piperazine rings is 1. The summed E-state index contributed by atoms with van der Waals surface area (Å²) in [4.78, 5) is 1.68. The molecule has 1 saturated heterocycles. The van der Waals surface area contributed by atoms with Crippen LogP contribution in [-0.2, 0) is 0 Å². The van der Waals surface area contributed by atoms with Gasteiger partial charge in [0.05, 0.1) is 6.42 Å². The molecule has 2 rings (SSSR count). The first-order chi connectivity index (χ1) is 10.6. The normalized spacial score (nSPS) is 17.4. The SMILES string of the molecule is Cl.Cl.FC(F)(F)C[C@H](c1ccc(SC(F)(F)F)cc1)N1CCNCC1. The number of nitrogens with one attached hydrogen (secondary N) is 1. The predicted molar refractivity (Wildman–Crippen MR) is 90.7 cm³/mol. The molecule has 0 amide bonds. The highest BCUT2D eigenvalue weighted by Crippen LogP contribution is 2.38. The number of alkyl halides is 6. The number of hydrogen-bond acceptors (Lipinski definition) is 3. The van der Waals surface area contributed by atoms with Crippen molar-refractivity contribution < 1.29 is 26.3 Å². The molecule has 1 aliphatic heterocycles. The molecule has 146 valence electrons. The lowest BCUT2D eigenvalue weighted by Gasteiger charge is -2.35. The van der Waals surface area contributed by atoms with Crippen molar-refractivity contribution >= 4 is 36.6 Å². The van der Waals surface area contributed by atoms with Crippen LogP contribution in [0.2, 0.25) is 0 Å². The maximum absolute atomic E-state index is 12.9. The van der Waals surface area contributed by atoms with E-state index in [0.717, 1.165) is 0 Å². The van der Waals surface area contributed by atoms with Crippen molar-refractivity contribution in [2.45, 2.75) is 29.0 Å². The third-order valence-electron chi connectivity index (χ3n) is 3.52. The molecule has 1 atom stereocenters. The third-order valence-corrected chi connectivity index (χ3v) is 4.25. The molecule has 1 heterocycles. The van der Waals surface area contributed by atoms with E-state index in [9.17, 15) is 26.3 Å². The van der Waals surface area contributed by atoms with E-state index in [0.29, 0.717) is 31.7 Å². The van der Waals surface area contributed by atoms with Gasteiger partial charge in [0.25, 0.3) is 0 Å². The van der Waals surface area contributed by atoms with Crippen LogP contribution in [0.1, 0.15) is 18.0 Å². The quantitative estimate of drug-likeness (QED) is 0.531. The number of hydrogen-bond donors (Lipinski definition) is 1. The van der Waals surface area contributed by atoms with Crippen LogP contribution in [-0.4, -0.2) is 42.8 Å². The van der Waals surface area contributed by atoms with Crippen molar-refractivity contribution in [2.24, 2.45) is 0 Å². The van der Waals surface area contributed by atoms with Gasteiger partial charge in [0.15, 0.2) is 0 Å². The summed E-state index contributed by atoms with van der Waals surface area (Å²) in [6.45, 7) is 2.13. The second kappa shape index (κ2) is 10.1. The Morgan fingerprint density at radius 3 is 1.92 bits per heavy atom. The van der Waals surface area contributed by atoms with Crippen LogP contribution in [0.5, 0.6) is 0 Å². The first-order valence-electron chi connectivity index (χ1n) is 7.01. The summed E-state index contributed by atoms with van der Waals surface area (Å²) < 4.78 is 75.5. The Bertz CT molecular complexity index is 504. The average molecular weight is 431 g/mol. The summed E-state index contributed by atoms with van der Waals surface area (Å²) in [7, 11) is 0. The topological polar surface area (TPSA) is 15.3 Å². The molecule has 0 radical (unpaired) electrons. The van der Waals surface area contributed by atoms with Gasteiger partial charge < -0.3 is 5.32 Å². The molecule has 1 aliphatic rings. The van der Waals surface area contributed by atoms with Crippen LogP contribution in [0.25, 0.3) is 0 Å². The smallest absolute Gasteiger partial charge is 0.314 e. The van der Waals surface area contributed by atoms with Gasteiger partial charge in [-0.1, -0.05) is 12.1 Å². The zero-order valence-electron chi connectivity index (χ0n) is 12.9. The fourth-order valence-electron chi connectivity index (χ4n) is 2.56. The predicted octanol–water partition coefficient (Wildman–Crippen LogP) is 5.04. The summed E-state index contributed by atoms with van der Waals surface area (Å²) in [5, 5.41) is 3.07. The highest BCUT2D eigenvalue weighted by atomic mass is 35.5. The molecule has 0 aliphatic carbocycles. The van der Waals surface area contributed by atoms with Gasteiger partial charge in [-0.15, -0.1) is 24.8 Å². The van der Waals surface area contributed by atoms with Crippen molar-refractivity contribution in [3.8, 4) is 0 Å². The summed E-state index contributed by atoms with van der Waals surface area (Å²) in [6, 6.07) is 4.28. The highest BCUT2D eigenvalue weighted by molar-refractivity contribution is 8.00. The van der Waals surface area contributed by atoms with Gasteiger partial charge in [0.2, 0.25) is 0 Å². The molecule has 0 bridgehead atoms. The molecule has 1 aromatic carbocycles. The third kappa shape index (κ3) is 8.72. The maximum Gasteiger partial charge on any atom is 0.446 e. The fourth-order valence-corrected chi connectivity index (χ4v) is 3.10. The number of thioether (sulfide) groups is 1. The van der Waals surface area contributed by atoms with Crippen molar-refractivity contribution in [1.82, 2.24) is 10.2 Å². The molecular weight excluding hydrogens is 413 g/mol. The molecule has 25 heavy (non-hydrogen) atoms. The Morgan fingerprint density at radius 1 is 0.960 bits per heavy atom. The van der Waals surface area contributed by atoms with Crippen molar-refractivity contribution in [3.63, 3.8) is 0 Å². The average Bonchev–Trinajstić information content (AvgIpc) is 2.44. The van der Waals surface area contributed by atoms with Crippen LogP contribution in [0.4, 0.5) is 26.3 Å². The van der Waals surface area contributed by atoms with Crippen molar-refractivity contribution in [2.75, 3.05) is 26.2 Å². The van der Waals surface area contributed by atoms with E-state index in [-0.39, 0.29) is 41.5 Å². The van der Waals surface area contributed by atoms with E-state index in [1.807, 2.05) is 0 Å². The summed E-state index contributed by atoms with van der Waals surface area (Å²) in [6.07, 6.45) is -5.35. The molecule has 11 heteroatoms. The second-order valence-corrected chi connectivity index (χ2v) is 6.38. The van der Waals surface area contributed by atoms with Gasteiger partial charge in [0, 0.05) is 37.1 Å². The minimum absolute atomic E-state index is 0. The Labute approximate surface area is 158 Å². The molecular formula is C14H18Cl2F6N2S. The van der Waals surface area contributed by atoms with Crippen molar-refractivity contribution in [3.05, 3.63) is 29.8 Å². The number of nitrogens with zero attached hydrogens (tertiary/aromatic N) is 1. The van der Waals surface area contributed by atoms with E-state index in [1.165, 1.54) is 24.3 Å². The summed E-state index contributed by atoms with van der Waals surface area (Å²) in [5.41, 5.74) is -4.03. The van der Waals surface area contributed by atoms with Gasteiger partial charge in [-0.3, -0.25) is 4.90 Å². The molecule has 0 aromatic heterocycles. The zero-order chi connectivity index (χ0) is 17.1. The van der Waals surface area contributed by atoms with Crippen LogP contribution in [0, 0.1) is 0 Å². The minimum atomic E-state index is -4.41. The van der Waals surface area contributed by atoms with E-state index >= 15 is 0 Å². The fraction of sp³-hybridized carbons (Fsp3) is 0.571. The molecule has 1 N–H and O–H groups in total. The summed E-state index contributed by atoms with van der Waals surface area (Å²) >= 11 is -0.276. The van der Waals surface area contributed by atoms with Crippen LogP contribution in [0.3, 0.4) is 0 Å². The molecule has 1 aromatic rings. The Balaban J connectivity index is 0.00000288. The molecule has 0 unspecified atom stereocenters. The first kappa shape index (κ1) is 24.7. The monoisotopic (exact) mass is 430 g/mol. The Kier molecular flexibility index (Phi) is 9.96. The first-order valence-corrected chi connectivity index (χ1v) is 7.83. The van der Waals surface area contributed by atoms with Gasteiger partial charge >= 0.3 is 11.7 Å². The van der Waals surface area contributed by atoms with E-state index in [4.69, 9.17) is 0 Å². The largest absolute Gasteiger partial charge is 0.446 e. The van der Waals surface area contributed by atoms with Gasteiger partial charge in [-0.05, 0) is 29.5 Å². The lowest BCUT2D eigenvalue weighted by molar-refractivity contribution is -0.148. The second-order valence-electron chi connectivity index (χ2n) is 5.24. The van der Waals surface area contributed by atoms with E-state index in [2.05, 4.69) is 5.32 Å². The van der Waals surface area contributed by atoms with Gasteiger partial charge in [-0.2, -0.15) is 26.3 Å². The maximum atomic E-state index is 12.9. The number of rotatable bonds is 4. The van der Waals surface area contributed by atoms with Crippen LogP contribution >= 0.6 is 36.6 Å². The number of benzene rings is 1. The van der Waals surface area contributed by atoms with E-state index in [1.54, 1.807) is 4.90 Å². The Morgan fingerprint density at radius 2 is 1.48 bits per heavy atom. The molecule has 1 fully saturated rings. The lowest BCUT2D eigenvalue weighted by atomic mass is 10.0. The minimum Gasteiger partial charge on any atom is -0.314 e. The lowest BCUT2D eigenvalue weighted by Crippen LogP contribution is -2.46. The summed E-state index contributed by atoms with van der Waals surface area (Å²) in [5.74, 6) is 0. The molecule has 2 nitrogen and oxygen atoms in total. The number of halogens is 8.